The van der Waals surface area contributed by atoms with Crippen LogP contribution < -0.4 is 0 Å². The fourth-order valence-electron chi connectivity index (χ4n) is 2.92. The van der Waals surface area contributed by atoms with E-state index >= 15 is 0 Å². The van der Waals surface area contributed by atoms with Crippen molar-refractivity contribution < 1.29 is 14.2 Å². The molecule has 1 aromatic carbocycles. The Bertz CT molecular complexity index is 605. The molecule has 22 heavy (non-hydrogen) atoms. The van der Waals surface area contributed by atoms with Gasteiger partial charge in [-0.2, -0.15) is 5.10 Å². The van der Waals surface area contributed by atoms with Gasteiger partial charge < -0.3 is 9.84 Å². The second-order valence-electron chi connectivity index (χ2n) is 5.75. The highest BCUT2D eigenvalue weighted by Crippen LogP contribution is 2.25. The van der Waals surface area contributed by atoms with Gasteiger partial charge >= 0.3 is 0 Å². The van der Waals surface area contributed by atoms with Crippen LogP contribution in [0, 0.1) is 5.82 Å². The number of aromatic nitrogens is 2. The van der Waals surface area contributed by atoms with Crippen LogP contribution in [0.15, 0.2) is 36.5 Å². The van der Waals surface area contributed by atoms with E-state index in [9.17, 15) is 9.50 Å². The zero-order chi connectivity index (χ0) is 15.4. The van der Waals surface area contributed by atoms with Crippen LogP contribution >= 0.6 is 0 Å². The molecule has 0 spiro atoms. The topological polar surface area (TPSA) is 61.4 Å². The summed E-state index contributed by atoms with van der Waals surface area (Å²) in [6.45, 7) is 2.42. The first kappa shape index (κ1) is 15.1. The molecule has 1 saturated heterocycles. The Morgan fingerprint density at radius 2 is 2.23 bits per heavy atom. The Hall–Kier alpha value is -1.76. The zero-order valence-corrected chi connectivity index (χ0v) is 12.3. The third-order valence-electron chi connectivity index (χ3n) is 4.04. The van der Waals surface area contributed by atoms with Crippen molar-refractivity contribution >= 4 is 0 Å². The summed E-state index contributed by atoms with van der Waals surface area (Å²) in [5.74, 6) is -0.260. The molecule has 1 aliphatic heterocycles. The maximum atomic E-state index is 13.9. The van der Waals surface area contributed by atoms with Crippen molar-refractivity contribution in [1.29, 1.82) is 0 Å². The molecule has 3 rings (SSSR count). The summed E-state index contributed by atoms with van der Waals surface area (Å²) in [5, 5.41) is 16.7. The van der Waals surface area contributed by atoms with E-state index in [2.05, 4.69) is 15.1 Å². The van der Waals surface area contributed by atoms with Crippen LogP contribution in [0.1, 0.15) is 11.3 Å². The second kappa shape index (κ2) is 6.56. The van der Waals surface area contributed by atoms with E-state index in [1.807, 2.05) is 6.07 Å². The molecule has 6 heteroatoms. The molecule has 1 unspecified atom stereocenters. The molecule has 1 aromatic heterocycles. The Balaban J connectivity index is 1.72. The lowest BCUT2D eigenvalue weighted by Gasteiger charge is -2.41. The van der Waals surface area contributed by atoms with Crippen molar-refractivity contribution in [2.75, 3.05) is 26.3 Å². The number of nitrogens with zero attached hydrogens (tertiary/aromatic N) is 2. The number of hydrogen-bond donors (Lipinski definition) is 2. The summed E-state index contributed by atoms with van der Waals surface area (Å²) in [4.78, 5) is 2.19. The molecule has 0 radical (unpaired) electrons. The van der Waals surface area contributed by atoms with Gasteiger partial charge in [0.25, 0.3) is 0 Å². The quantitative estimate of drug-likeness (QED) is 0.875. The summed E-state index contributed by atoms with van der Waals surface area (Å²) in [7, 11) is 0. The summed E-state index contributed by atoms with van der Waals surface area (Å²) < 4.78 is 19.7. The van der Waals surface area contributed by atoms with Crippen molar-refractivity contribution in [2.24, 2.45) is 0 Å². The summed E-state index contributed by atoms with van der Waals surface area (Å²) >= 11 is 0. The van der Waals surface area contributed by atoms with Gasteiger partial charge in [-0.05, 0) is 17.7 Å². The fraction of sp³-hybridized carbons (Fsp3) is 0.438. The molecule has 0 bridgehead atoms. The highest BCUT2D eigenvalue weighted by molar-refractivity contribution is 5.20. The number of rotatable bonds is 5. The predicted molar refractivity (Wildman–Crippen MR) is 79.7 cm³/mol. The van der Waals surface area contributed by atoms with E-state index in [1.165, 1.54) is 6.07 Å². The van der Waals surface area contributed by atoms with E-state index in [-0.39, 0.29) is 12.4 Å². The van der Waals surface area contributed by atoms with E-state index in [4.69, 9.17) is 4.74 Å². The van der Waals surface area contributed by atoms with E-state index < -0.39 is 5.60 Å². The van der Waals surface area contributed by atoms with E-state index in [0.717, 1.165) is 12.2 Å². The maximum Gasteiger partial charge on any atom is 0.126 e. The Labute approximate surface area is 128 Å². The monoisotopic (exact) mass is 305 g/mol. The molecule has 0 saturated carbocycles. The Kier molecular flexibility index (Phi) is 4.52. The molecule has 0 aliphatic carbocycles. The Morgan fingerprint density at radius 3 is 2.95 bits per heavy atom. The number of aliphatic hydroxyl groups is 1. The lowest BCUT2D eigenvalue weighted by Crippen LogP contribution is -2.55. The number of aromatic amines is 1. The minimum absolute atomic E-state index is 0.138. The molecule has 1 fully saturated rings. The minimum atomic E-state index is -0.763. The smallest absolute Gasteiger partial charge is 0.126 e. The molecule has 2 N–H and O–H groups in total. The average Bonchev–Trinajstić information content (AvgIpc) is 3.03. The molecule has 5 nitrogen and oxygen atoms in total. The van der Waals surface area contributed by atoms with Gasteiger partial charge in [-0.1, -0.05) is 18.2 Å². The first-order chi connectivity index (χ1) is 10.7. The standard InChI is InChI=1S/C16H20FN3O2/c17-15-4-2-1-3-13(15)9-16(12-21)11-20(7-8-22-16)10-14-5-6-18-19-14/h1-6,21H,7-12H2,(H,18,19). The number of morpholine rings is 1. The van der Waals surface area contributed by atoms with Gasteiger partial charge in [0.1, 0.15) is 11.4 Å². The molecule has 118 valence electrons. The lowest BCUT2D eigenvalue weighted by atomic mass is 9.92. The van der Waals surface area contributed by atoms with Crippen LogP contribution in [-0.2, 0) is 17.7 Å². The maximum absolute atomic E-state index is 13.9. The van der Waals surface area contributed by atoms with Crippen molar-refractivity contribution in [3.05, 3.63) is 53.6 Å². The molecule has 0 amide bonds. The predicted octanol–water partition coefficient (Wildman–Crippen LogP) is 1.35. The second-order valence-corrected chi connectivity index (χ2v) is 5.75. The van der Waals surface area contributed by atoms with Gasteiger partial charge in [-0.15, -0.1) is 0 Å². The molecular weight excluding hydrogens is 285 g/mol. The van der Waals surface area contributed by atoms with Crippen molar-refractivity contribution in [1.82, 2.24) is 15.1 Å². The van der Waals surface area contributed by atoms with E-state index in [1.54, 1.807) is 24.4 Å². The fourth-order valence-corrected chi connectivity index (χ4v) is 2.92. The van der Waals surface area contributed by atoms with Gasteiger partial charge in [-0.25, -0.2) is 4.39 Å². The van der Waals surface area contributed by atoms with Crippen LogP contribution in [0.25, 0.3) is 0 Å². The number of halogens is 1. The first-order valence-electron chi connectivity index (χ1n) is 7.40. The van der Waals surface area contributed by atoms with Crippen molar-refractivity contribution in [3.8, 4) is 0 Å². The number of H-pyrrole nitrogens is 1. The van der Waals surface area contributed by atoms with Crippen molar-refractivity contribution in [2.45, 2.75) is 18.6 Å². The number of hydrogen-bond acceptors (Lipinski definition) is 4. The minimum Gasteiger partial charge on any atom is -0.393 e. The highest BCUT2D eigenvalue weighted by atomic mass is 19.1. The third kappa shape index (κ3) is 3.35. The van der Waals surface area contributed by atoms with Crippen LogP contribution in [0.5, 0.6) is 0 Å². The highest BCUT2D eigenvalue weighted by Gasteiger charge is 2.37. The number of aliphatic hydroxyl groups excluding tert-OH is 1. The molecular formula is C16H20FN3O2. The lowest BCUT2D eigenvalue weighted by molar-refractivity contribution is -0.134. The summed E-state index contributed by atoms with van der Waals surface area (Å²) in [6, 6.07) is 8.56. The summed E-state index contributed by atoms with van der Waals surface area (Å²) in [5.41, 5.74) is 0.820. The molecule has 1 aliphatic rings. The molecule has 2 heterocycles. The average molecular weight is 305 g/mol. The van der Waals surface area contributed by atoms with E-state index in [0.29, 0.717) is 31.7 Å². The first-order valence-corrected chi connectivity index (χ1v) is 7.40. The van der Waals surface area contributed by atoms with Crippen LogP contribution in [-0.4, -0.2) is 52.1 Å². The van der Waals surface area contributed by atoms with Gasteiger partial charge in [0, 0.05) is 37.9 Å². The van der Waals surface area contributed by atoms with Gasteiger partial charge in [0.2, 0.25) is 0 Å². The molecule has 1 atom stereocenters. The Morgan fingerprint density at radius 1 is 1.36 bits per heavy atom. The largest absolute Gasteiger partial charge is 0.393 e. The third-order valence-corrected chi connectivity index (χ3v) is 4.04. The summed E-state index contributed by atoms with van der Waals surface area (Å²) in [6.07, 6.45) is 2.07. The van der Waals surface area contributed by atoms with Crippen molar-refractivity contribution in [3.63, 3.8) is 0 Å². The van der Waals surface area contributed by atoms with Crippen LogP contribution in [0.2, 0.25) is 0 Å². The number of benzene rings is 1. The number of nitrogens with one attached hydrogen (secondary N) is 1. The number of ether oxygens (including phenoxy) is 1. The zero-order valence-electron chi connectivity index (χ0n) is 12.3. The van der Waals surface area contributed by atoms with Gasteiger partial charge in [0.15, 0.2) is 0 Å². The SMILES string of the molecule is OCC1(Cc2ccccc2F)CN(Cc2ccn[nH]2)CCO1. The van der Waals surface area contributed by atoms with Crippen LogP contribution in [0.4, 0.5) is 4.39 Å². The van der Waals surface area contributed by atoms with Gasteiger partial charge in [0.05, 0.1) is 13.2 Å². The molecule has 2 aromatic rings. The normalized spacial score (nSPS) is 22.8. The van der Waals surface area contributed by atoms with Crippen LogP contribution in [0.3, 0.4) is 0 Å². The van der Waals surface area contributed by atoms with Gasteiger partial charge in [-0.3, -0.25) is 10.00 Å².